The third-order valence-corrected chi connectivity index (χ3v) is 1.80. The van der Waals surface area contributed by atoms with E-state index in [9.17, 15) is 4.79 Å². The molecule has 0 bridgehead atoms. The van der Waals surface area contributed by atoms with Crippen molar-refractivity contribution in [3.63, 3.8) is 0 Å². The van der Waals surface area contributed by atoms with Gasteiger partial charge in [0, 0.05) is 5.56 Å². The summed E-state index contributed by atoms with van der Waals surface area (Å²) in [5.41, 5.74) is 8.55. The summed E-state index contributed by atoms with van der Waals surface area (Å²) in [5, 5.41) is 0. The van der Waals surface area contributed by atoms with E-state index in [-0.39, 0.29) is 5.91 Å². The molecule has 0 saturated carbocycles. The first-order valence-electron chi connectivity index (χ1n) is 3.60. The van der Waals surface area contributed by atoms with Crippen molar-refractivity contribution in [1.82, 2.24) is 5.48 Å². The largest absolute Gasteiger partial charge is 0.379 e. The molecule has 2 rings (SSSR count). The van der Waals surface area contributed by atoms with Crippen molar-refractivity contribution in [1.29, 1.82) is 0 Å². The lowest BCUT2D eigenvalue weighted by Gasteiger charge is -2.21. The summed E-state index contributed by atoms with van der Waals surface area (Å²) in [6, 6.07) is 6.56. The van der Waals surface area contributed by atoms with Gasteiger partial charge in [-0.3, -0.25) is 4.79 Å². The number of para-hydroxylation sites is 1. The van der Waals surface area contributed by atoms with E-state index in [1.54, 1.807) is 12.1 Å². The van der Waals surface area contributed by atoms with E-state index < -0.39 is 6.04 Å². The monoisotopic (exact) mass is 164 g/mol. The van der Waals surface area contributed by atoms with Gasteiger partial charge >= 0.3 is 0 Å². The quantitative estimate of drug-likeness (QED) is 0.572. The summed E-state index contributed by atoms with van der Waals surface area (Å²) in [6.07, 6.45) is 0. The topological polar surface area (TPSA) is 64.4 Å². The first kappa shape index (κ1) is 7.12. The molecular formula is C8H8N2O2. The SMILES string of the molecule is NC1C(=O)NOc2ccccc21. The molecule has 1 aromatic rings. The second-order valence-electron chi connectivity index (χ2n) is 2.58. The van der Waals surface area contributed by atoms with Crippen molar-refractivity contribution in [3.05, 3.63) is 29.8 Å². The van der Waals surface area contributed by atoms with Crippen molar-refractivity contribution >= 4 is 5.91 Å². The molecule has 0 fully saturated rings. The van der Waals surface area contributed by atoms with Crippen LogP contribution in [0, 0.1) is 0 Å². The number of nitrogens with one attached hydrogen (secondary N) is 1. The molecule has 0 spiro atoms. The van der Waals surface area contributed by atoms with Gasteiger partial charge in [0.15, 0.2) is 5.75 Å². The molecule has 1 aromatic carbocycles. The highest BCUT2D eigenvalue weighted by Crippen LogP contribution is 2.25. The van der Waals surface area contributed by atoms with Crippen LogP contribution in [0.5, 0.6) is 5.75 Å². The predicted molar refractivity (Wildman–Crippen MR) is 42.1 cm³/mol. The average Bonchev–Trinajstić information content (AvgIpc) is 2.12. The molecule has 4 nitrogen and oxygen atoms in total. The van der Waals surface area contributed by atoms with Crippen LogP contribution in [0.3, 0.4) is 0 Å². The number of rotatable bonds is 0. The second kappa shape index (κ2) is 2.49. The van der Waals surface area contributed by atoms with Gasteiger partial charge in [0.1, 0.15) is 6.04 Å². The Kier molecular flexibility index (Phi) is 1.48. The van der Waals surface area contributed by atoms with Crippen LogP contribution in [0.2, 0.25) is 0 Å². The zero-order valence-corrected chi connectivity index (χ0v) is 6.28. The van der Waals surface area contributed by atoms with E-state index >= 15 is 0 Å². The molecular weight excluding hydrogens is 156 g/mol. The van der Waals surface area contributed by atoms with Crippen LogP contribution in [0.15, 0.2) is 24.3 Å². The number of fused-ring (bicyclic) bond motifs is 1. The zero-order chi connectivity index (χ0) is 8.55. The lowest BCUT2D eigenvalue weighted by molar-refractivity contribution is -0.130. The van der Waals surface area contributed by atoms with Crippen LogP contribution >= 0.6 is 0 Å². The first-order valence-corrected chi connectivity index (χ1v) is 3.60. The summed E-state index contributed by atoms with van der Waals surface area (Å²) in [5.74, 6) is 0.304. The molecule has 1 amide bonds. The summed E-state index contributed by atoms with van der Waals surface area (Å²) in [4.78, 5) is 15.9. The Morgan fingerprint density at radius 3 is 3.00 bits per heavy atom. The standard InChI is InChI=1S/C8H8N2O2/c9-7-5-3-1-2-4-6(5)12-10-8(7)11/h1-4,7H,9H2,(H,10,11). The summed E-state index contributed by atoms with van der Waals surface area (Å²) in [7, 11) is 0. The van der Waals surface area contributed by atoms with Crippen LogP contribution in [0.25, 0.3) is 0 Å². The molecule has 1 unspecified atom stereocenters. The van der Waals surface area contributed by atoms with Crippen molar-refractivity contribution in [2.24, 2.45) is 5.73 Å². The Hall–Kier alpha value is -1.55. The van der Waals surface area contributed by atoms with Gasteiger partial charge in [-0.05, 0) is 6.07 Å². The van der Waals surface area contributed by atoms with Gasteiger partial charge in [-0.2, -0.15) is 5.48 Å². The Labute approximate surface area is 69.3 Å². The van der Waals surface area contributed by atoms with Gasteiger partial charge in [-0.25, -0.2) is 0 Å². The van der Waals surface area contributed by atoms with Crippen LogP contribution in [0.1, 0.15) is 11.6 Å². The fourth-order valence-corrected chi connectivity index (χ4v) is 1.14. The smallest absolute Gasteiger partial charge is 0.274 e. The van der Waals surface area contributed by atoms with Crippen LogP contribution in [-0.2, 0) is 4.79 Å². The van der Waals surface area contributed by atoms with Crippen molar-refractivity contribution in [3.8, 4) is 5.75 Å². The molecule has 1 aliphatic heterocycles. The average molecular weight is 164 g/mol. The number of nitrogens with two attached hydrogens (primary N) is 1. The molecule has 4 heteroatoms. The molecule has 0 aromatic heterocycles. The lowest BCUT2D eigenvalue weighted by atomic mass is 10.1. The molecule has 1 atom stereocenters. The van der Waals surface area contributed by atoms with Crippen molar-refractivity contribution in [2.75, 3.05) is 0 Å². The van der Waals surface area contributed by atoms with Gasteiger partial charge in [0.25, 0.3) is 5.91 Å². The second-order valence-corrected chi connectivity index (χ2v) is 2.58. The Morgan fingerprint density at radius 1 is 1.42 bits per heavy atom. The number of carbonyl (C=O) groups excluding carboxylic acids is 1. The molecule has 62 valence electrons. The minimum atomic E-state index is -0.616. The fraction of sp³-hybridized carbons (Fsp3) is 0.125. The molecule has 12 heavy (non-hydrogen) atoms. The number of carbonyl (C=O) groups is 1. The van der Waals surface area contributed by atoms with Crippen LogP contribution < -0.4 is 16.1 Å². The number of benzene rings is 1. The maximum absolute atomic E-state index is 11.0. The summed E-state index contributed by atoms with van der Waals surface area (Å²) in [6.45, 7) is 0. The number of hydrogen-bond acceptors (Lipinski definition) is 3. The van der Waals surface area contributed by atoms with E-state index in [0.717, 1.165) is 5.56 Å². The van der Waals surface area contributed by atoms with E-state index in [4.69, 9.17) is 10.6 Å². The minimum absolute atomic E-state index is 0.311. The number of hydroxylamine groups is 1. The van der Waals surface area contributed by atoms with E-state index in [2.05, 4.69) is 5.48 Å². The third-order valence-electron chi connectivity index (χ3n) is 1.80. The molecule has 1 aliphatic rings. The van der Waals surface area contributed by atoms with E-state index in [1.807, 2.05) is 12.1 Å². The first-order chi connectivity index (χ1) is 5.79. The third kappa shape index (κ3) is 0.931. The van der Waals surface area contributed by atoms with Crippen LogP contribution in [0.4, 0.5) is 0 Å². The molecule has 3 N–H and O–H groups in total. The highest BCUT2D eigenvalue weighted by Gasteiger charge is 2.24. The van der Waals surface area contributed by atoms with Crippen molar-refractivity contribution in [2.45, 2.75) is 6.04 Å². The highest BCUT2D eigenvalue weighted by molar-refractivity contribution is 5.84. The van der Waals surface area contributed by atoms with Crippen molar-refractivity contribution < 1.29 is 9.63 Å². The molecule has 0 saturated heterocycles. The number of amides is 1. The summed E-state index contributed by atoms with van der Waals surface area (Å²) < 4.78 is 0. The Morgan fingerprint density at radius 2 is 2.17 bits per heavy atom. The van der Waals surface area contributed by atoms with Gasteiger partial charge < -0.3 is 10.6 Å². The fourth-order valence-electron chi connectivity index (χ4n) is 1.14. The summed E-state index contributed by atoms with van der Waals surface area (Å²) >= 11 is 0. The van der Waals surface area contributed by atoms with Gasteiger partial charge in [0.2, 0.25) is 0 Å². The molecule has 0 radical (unpaired) electrons. The Bertz CT molecular complexity index is 325. The maximum atomic E-state index is 11.0. The maximum Gasteiger partial charge on any atom is 0.274 e. The van der Waals surface area contributed by atoms with Gasteiger partial charge in [-0.15, -0.1) is 0 Å². The Balaban J connectivity index is 2.48. The van der Waals surface area contributed by atoms with E-state index in [1.165, 1.54) is 0 Å². The highest BCUT2D eigenvalue weighted by atomic mass is 16.7. The van der Waals surface area contributed by atoms with Gasteiger partial charge in [0.05, 0.1) is 0 Å². The van der Waals surface area contributed by atoms with Crippen LogP contribution in [-0.4, -0.2) is 5.91 Å². The van der Waals surface area contributed by atoms with Gasteiger partial charge in [-0.1, -0.05) is 18.2 Å². The zero-order valence-electron chi connectivity index (χ0n) is 6.28. The minimum Gasteiger partial charge on any atom is -0.379 e. The lowest BCUT2D eigenvalue weighted by Crippen LogP contribution is -2.40. The predicted octanol–water partition coefficient (Wildman–Crippen LogP) is 0.110. The normalized spacial score (nSPS) is 20.8. The molecule has 1 heterocycles. The van der Waals surface area contributed by atoms with E-state index in [0.29, 0.717) is 5.75 Å². The molecule has 0 aliphatic carbocycles. The number of hydrogen-bond donors (Lipinski definition) is 2.